The van der Waals surface area contributed by atoms with E-state index in [1.54, 1.807) is 21.1 Å². The lowest BCUT2D eigenvalue weighted by atomic mass is 10.1. The number of allylic oxidation sites excluding steroid dienone is 12. The highest BCUT2D eigenvalue weighted by atomic mass is 16.6. The fourth-order valence-corrected chi connectivity index (χ4v) is 5.26. The van der Waals surface area contributed by atoms with Crippen molar-refractivity contribution in [2.75, 3.05) is 41.0 Å². The molecule has 0 aromatic heterocycles. The van der Waals surface area contributed by atoms with E-state index in [-0.39, 0.29) is 49.1 Å². The number of aliphatic carboxylic acids is 1. The summed E-state index contributed by atoms with van der Waals surface area (Å²) in [5, 5.41) is 11.6. The zero-order valence-corrected chi connectivity index (χ0v) is 33.4. The van der Waals surface area contributed by atoms with E-state index in [0.29, 0.717) is 6.42 Å². The number of ether oxygens (including phenoxy) is 3. The van der Waals surface area contributed by atoms with Gasteiger partial charge in [-0.3, -0.25) is 9.59 Å². The Hall–Kier alpha value is -3.23. The van der Waals surface area contributed by atoms with Crippen molar-refractivity contribution in [1.29, 1.82) is 0 Å². The van der Waals surface area contributed by atoms with Gasteiger partial charge in [-0.05, 0) is 51.4 Å². The molecule has 0 saturated carbocycles. The van der Waals surface area contributed by atoms with Crippen LogP contribution in [0.3, 0.4) is 0 Å². The SMILES string of the molecule is CCC/C=C/C=C/C=C/C=C/C=C/CCCCCCCC(=O)OC(COCCC(C(=O)[O-])[N+](C)(C)C)COC(=O)CCCCCC/C=C/CCCC. The van der Waals surface area contributed by atoms with Crippen LogP contribution < -0.4 is 5.11 Å². The van der Waals surface area contributed by atoms with E-state index in [4.69, 9.17) is 14.2 Å². The predicted molar refractivity (Wildman–Crippen MR) is 212 cm³/mol. The maximum Gasteiger partial charge on any atom is 0.306 e. The number of unbranched alkanes of at least 4 members (excludes halogenated alkanes) is 12. The first kappa shape index (κ1) is 48.8. The van der Waals surface area contributed by atoms with Crippen LogP contribution >= 0.6 is 0 Å². The second-order valence-electron chi connectivity index (χ2n) is 14.3. The topological polar surface area (TPSA) is 102 Å². The largest absolute Gasteiger partial charge is 0.544 e. The molecular formula is C44H73NO7. The van der Waals surface area contributed by atoms with Crippen LogP contribution in [-0.4, -0.2) is 75.5 Å². The average Bonchev–Trinajstić information content (AvgIpc) is 3.09. The van der Waals surface area contributed by atoms with Gasteiger partial charge in [0.05, 0.1) is 40.3 Å². The van der Waals surface area contributed by atoms with Crippen molar-refractivity contribution in [2.24, 2.45) is 0 Å². The highest BCUT2D eigenvalue weighted by molar-refractivity contribution is 5.70. The summed E-state index contributed by atoms with van der Waals surface area (Å²) in [6, 6.07) is -0.734. The van der Waals surface area contributed by atoms with Crippen LogP contribution in [0.25, 0.3) is 0 Å². The summed E-state index contributed by atoms with van der Waals surface area (Å²) in [7, 11) is 5.37. The Morgan fingerprint density at radius 2 is 1.08 bits per heavy atom. The molecule has 8 heteroatoms. The van der Waals surface area contributed by atoms with Gasteiger partial charge in [-0.2, -0.15) is 0 Å². The molecule has 0 rings (SSSR count). The molecule has 0 bridgehead atoms. The number of hydrogen-bond acceptors (Lipinski definition) is 7. The first-order valence-electron chi connectivity index (χ1n) is 20.0. The molecule has 0 radical (unpaired) electrons. The summed E-state index contributed by atoms with van der Waals surface area (Å²) >= 11 is 0. The molecule has 0 aromatic carbocycles. The Kier molecular flexibility index (Phi) is 32.7. The molecule has 0 fully saturated rings. The Bertz CT molecular complexity index is 1080. The van der Waals surface area contributed by atoms with Crippen LogP contribution in [0.15, 0.2) is 72.9 Å². The van der Waals surface area contributed by atoms with Crippen LogP contribution in [-0.2, 0) is 28.6 Å². The van der Waals surface area contributed by atoms with Gasteiger partial charge in [0.2, 0.25) is 0 Å². The number of nitrogens with zero attached hydrogens (tertiary/aromatic N) is 1. The van der Waals surface area contributed by atoms with Gasteiger partial charge in [0.25, 0.3) is 0 Å². The third kappa shape index (κ3) is 32.7. The molecule has 0 aliphatic rings. The minimum atomic E-state index is -1.14. The normalized spacial score (nSPS) is 13.8. The predicted octanol–water partition coefficient (Wildman–Crippen LogP) is 9.07. The first-order chi connectivity index (χ1) is 25.1. The lowest BCUT2D eigenvalue weighted by Gasteiger charge is -2.34. The molecule has 0 saturated heterocycles. The summed E-state index contributed by atoms with van der Waals surface area (Å²) < 4.78 is 17.0. The number of rotatable bonds is 34. The Labute approximate surface area is 317 Å². The summed E-state index contributed by atoms with van der Waals surface area (Å²) in [5.41, 5.74) is 0. The highest BCUT2D eigenvalue weighted by Gasteiger charge is 2.25. The van der Waals surface area contributed by atoms with Crippen molar-refractivity contribution in [2.45, 2.75) is 148 Å². The van der Waals surface area contributed by atoms with Crippen LogP contribution in [0.4, 0.5) is 0 Å². The third-order valence-electron chi connectivity index (χ3n) is 8.42. The Morgan fingerprint density at radius 1 is 0.577 bits per heavy atom. The van der Waals surface area contributed by atoms with Crippen LogP contribution in [0.2, 0.25) is 0 Å². The molecule has 8 nitrogen and oxygen atoms in total. The van der Waals surface area contributed by atoms with Gasteiger partial charge < -0.3 is 28.6 Å². The molecule has 2 atom stereocenters. The molecule has 0 N–H and O–H groups in total. The van der Waals surface area contributed by atoms with Crippen LogP contribution in [0.1, 0.15) is 136 Å². The van der Waals surface area contributed by atoms with E-state index in [0.717, 1.165) is 83.5 Å². The van der Waals surface area contributed by atoms with Crippen molar-refractivity contribution in [3.63, 3.8) is 0 Å². The van der Waals surface area contributed by atoms with E-state index < -0.39 is 18.1 Å². The number of carbonyl (C=O) groups is 3. The van der Waals surface area contributed by atoms with Gasteiger partial charge in [-0.25, -0.2) is 0 Å². The number of quaternary nitrogens is 1. The fourth-order valence-electron chi connectivity index (χ4n) is 5.26. The zero-order chi connectivity index (χ0) is 38.5. The highest BCUT2D eigenvalue weighted by Crippen LogP contribution is 2.12. The number of carboxylic acids is 1. The minimum absolute atomic E-state index is 0.0223. The van der Waals surface area contributed by atoms with E-state index in [9.17, 15) is 19.5 Å². The van der Waals surface area contributed by atoms with Gasteiger partial charge in [0.1, 0.15) is 12.6 Å². The van der Waals surface area contributed by atoms with Crippen LogP contribution in [0, 0.1) is 0 Å². The third-order valence-corrected chi connectivity index (χ3v) is 8.42. The van der Waals surface area contributed by atoms with Crippen molar-refractivity contribution < 1.29 is 38.2 Å². The maximum absolute atomic E-state index is 12.7. The quantitative estimate of drug-likeness (QED) is 0.0214. The Balaban J connectivity index is 4.48. The van der Waals surface area contributed by atoms with Crippen molar-refractivity contribution in [3.8, 4) is 0 Å². The molecule has 52 heavy (non-hydrogen) atoms. The number of likely N-dealkylation sites (N-methyl/N-ethyl adjacent to an activating group) is 1. The monoisotopic (exact) mass is 728 g/mol. The number of carbonyl (C=O) groups excluding carboxylic acids is 3. The van der Waals surface area contributed by atoms with Gasteiger partial charge in [-0.15, -0.1) is 0 Å². The summed E-state index contributed by atoms with van der Waals surface area (Å²) in [6.45, 7) is 4.46. The summed E-state index contributed by atoms with van der Waals surface area (Å²) in [6.07, 6.45) is 42.1. The van der Waals surface area contributed by atoms with Gasteiger partial charge in [-0.1, -0.05) is 138 Å². The summed E-state index contributed by atoms with van der Waals surface area (Å²) in [4.78, 5) is 36.7. The van der Waals surface area contributed by atoms with Crippen molar-refractivity contribution in [3.05, 3.63) is 72.9 Å². The molecular weight excluding hydrogens is 654 g/mol. The van der Waals surface area contributed by atoms with Gasteiger partial charge >= 0.3 is 11.9 Å². The molecule has 0 aliphatic carbocycles. The molecule has 2 unspecified atom stereocenters. The molecule has 0 aromatic rings. The summed E-state index contributed by atoms with van der Waals surface area (Å²) in [5.74, 6) is -1.80. The second kappa shape index (κ2) is 34.8. The van der Waals surface area contributed by atoms with Crippen LogP contribution in [0.5, 0.6) is 0 Å². The fraction of sp³-hybridized carbons (Fsp3) is 0.659. The number of esters is 2. The maximum atomic E-state index is 12.7. The first-order valence-corrected chi connectivity index (χ1v) is 20.0. The van der Waals surface area contributed by atoms with E-state index in [2.05, 4.69) is 50.3 Å². The minimum Gasteiger partial charge on any atom is -0.544 e. The van der Waals surface area contributed by atoms with Gasteiger partial charge in [0.15, 0.2) is 6.10 Å². The smallest absolute Gasteiger partial charge is 0.306 e. The van der Waals surface area contributed by atoms with E-state index >= 15 is 0 Å². The lowest BCUT2D eigenvalue weighted by Crippen LogP contribution is -2.55. The molecule has 0 heterocycles. The van der Waals surface area contributed by atoms with Gasteiger partial charge in [0, 0.05) is 19.3 Å². The van der Waals surface area contributed by atoms with Crippen molar-refractivity contribution in [1.82, 2.24) is 0 Å². The standard InChI is InChI=1S/C44H73NO7/c1-6-8-10-12-14-16-18-19-20-21-22-23-24-25-27-29-31-33-35-43(47)52-40(38-50-37-36-41(44(48)49)45(3,4)5)39-51-42(46)34-32-30-28-26-17-15-13-11-9-7-2/h10,12-16,18-23,40-41H,6-9,11,17,24-39H2,1-5H3/b12-10+,15-13+,16-14+,19-18+,21-20+,23-22+. The van der Waals surface area contributed by atoms with Crippen molar-refractivity contribution >= 4 is 17.9 Å². The van der Waals surface area contributed by atoms with E-state index in [1.165, 1.54) is 19.3 Å². The number of carboxylic acid groups (broad SMARTS) is 1. The molecule has 0 aliphatic heterocycles. The molecule has 0 spiro atoms. The molecule has 0 amide bonds. The lowest BCUT2D eigenvalue weighted by molar-refractivity contribution is -0.889. The van der Waals surface area contributed by atoms with E-state index in [1.807, 2.05) is 36.5 Å². The average molecular weight is 728 g/mol. The zero-order valence-electron chi connectivity index (χ0n) is 33.4. The Morgan fingerprint density at radius 3 is 1.63 bits per heavy atom. The number of hydrogen-bond donors (Lipinski definition) is 0. The molecule has 296 valence electrons. The second-order valence-corrected chi connectivity index (χ2v) is 14.3.